The van der Waals surface area contributed by atoms with Gasteiger partial charge in [0.15, 0.2) is 0 Å². The van der Waals surface area contributed by atoms with E-state index >= 15 is 0 Å². The van der Waals surface area contributed by atoms with Crippen molar-refractivity contribution in [3.63, 3.8) is 0 Å². The van der Waals surface area contributed by atoms with Gasteiger partial charge in [-0.15, -0.1) is 0 Å². The fraction of sp³-hybridized carbons (Fsp3) is 0.200. The standard InChI is InChI=1S/C20H20N2O/c1-2-3-14-22-19(23)15-18(16-10-6-4-7-11-16)20(21-22)17-12-8-5-9-13-17/h4-13,15H,2-3,14H2,1H3. The zero-order valence-electron chi connectivity index (χ0n) is 13.3. The van der Waals surface area contributed by atoms with Crippen molar-refractivity contribution in [2.45, 2.75) is 26.3 Å². The van der Waals surface area contributed by atoms with Crippen LogP contribution < -0.4 is 5.56 Å². The Labute approximate surface area is 136 Å². The summed E-state index contributed by atoms with van der Waals surface area (Å²) in [4.78, 5) is 12.4. The third-order valence-electron chi connectivity index (χ3n) is 3.85. The summed E-state index contributed by atoms with van der Waals surface area (Å²) in [6.07, 6.45) is 1.99. The molecule has 0 aliphatic carbocycles. The first-order valence-electron chi connectivity index (χ1n) is 8.02. The van der Waals surface area contributed by atoms with Crippen LogP contribution >= 0.6 is 0 Å². The number of benzene rings is 2. The molecule has 2 aromatic carbocycles. The Kier molecular flexibility index (Phi) is 4.67. The van der Waals surface area contributed by atoms with Crippen LogP contribution in [0.4, 0.5) is 0 Å². The fourth-order valence-corrected chi connectivity index (χ4v) is 2.61. The number of nitrogens with zero attached hydrogens (tertiary/aromatic N) is 2. The van der Waals surface area contributed by atoms with Crippen LogP contribution in [0.2, 0.25) is 0 Å². The van der Waals surface area contributed by atoms with Gasteiger partial charge in [-0.3, -0.25) is 4.79 Å². The Morgan fingerprint density at radius 2 is 1.52 bits per heavy atom. The van der Waals surface area contributed by atoms with E-state index in [1.54, 1.807) is 10.7 Å². The van der Waals surface area contributed by atoms with Crippen LogP contribution in [0.3, 0.4) is 0 Å². The lowest BCUT2D eigenvalue weighted by atomic mass is 10.0. The Morgan fingerprint density at radius 1 is 0.913 bits per heavy atom. The van der Waals surface area contributed by atoms with Gasteiger partial charge in [0, 0.05) is 23.7 Å². The van der Waals surface area contributed by atoms with Crippen LogP contribution in [0, 0.1) is 0 Å². The Bertz CT molecular complexity index is 823. The number of unbranched alkanes of at least 4 members (excludes halogenated alkanes) is 1. The van der Waals surface area contributed by atoms with Gasteiger partial charge in [-0.2, -0.15) is 5.10 Å². The molecule has 0 N–H and O–H groups in total. The molecule has 0 aliphatic heterocycles. The molecule has 23 heavy (non-hydrogen) atoms. The number of rotatable bonds is 5. The molecule has 0 amide bonds. The van der Waals surface area contributed by atoms with E-state index in [1.165, 1.54) is 0 Å². The molecule has 3 heteroatoms. The number of hydrogen-bond acceptors (Lipinski definition) is 2. The number of hydrogen-bond donors (Lipinski definition) is 0. The summed E-state index contributed by atoms with van der Waals surface area (Å²) in [5.74, 6) is 0. The molecule has 116 valence electrons. The molecule has 0 bridgehead atoms. The summed E-state index contributed by atoms with van der Waals surface area (Å²) in [5, 5.41) is 4.66. The van der Waals surface area contributed by atoms with Gasteiger partial charge < -0.3 is 0 Å². The van der Waals surface area contributed by atoms with Crippen LogP contribution in [0.15, 0.2) is 71.5 Å². The smallest absolute Gasteiger partial charge is 0.267 e. The highest BCUT2D eigenvalue weighted by Crippen LogP contribution is 2.28. The predicted molar refractivity (Wildman–Crippen MR) is 94.3 cm³/mol. The van der Waals surface area contributed by atoms with Crippen molar-refractivity contribution in [1.29, 1.82) is 0 Å². The van der Waals surface area contributed by atoms with E-state index in [0.717, 1.165) is 35.2 Å². The predicted octanol–water partition coefficient (Wildman–Crippen LogP) is 4.38. The Morgan fingerprint density at radius 3 is 2.13 bits per heavy atom. The largest absolute Gasteiger partial charge is 0.268 e. The molecule has 3 rings (SSSR count). The molecular formula is C20H20N2O. The second-order valence-electron chi connectivity index (χ2n) is 5.55. The number of aryl methyl sites for hydroxylation is 1. The first kappa shape index (κ1) is 15.2. The molecule has 0 spiro atoms. The molecule has 3 nitrogen and oxygen atoms in total. The molecule has 3 aromatic rings. The molecule has 0 saturated carbocycles. The maximum Gasteiger partial charge on any atom is 0.267 e. The quantitative estimate of drug-likeness (QED) is 0.701. The topological polar surface area (TPSA) is 34.9 Å². The average Bonchev–Trinajstić information content (AvgIpc) is 2.62. The van der Waals surface area contributed by atoms with Crippen molar-refractivity contribution < 1.29 is 0 Å². The molecular weight excluding hydrogens is 284 g/mol. The fourth-order valence-electron chi connectivity index (χ4n) is 2.61. The normalized spacial score (nSPS) is 10.7. The lowest BCUT2D eigenvalue weighted by Gasteiger charge is -2.12. The average molecular weight is 304 g/mol. The highest BCUT2D eigenvalue weighted by molar-refractivity contribution is 5.80. The maximum absolute atomic E-state index is 12.4. The van der Waals surface area contributed by atoms with Gasteiger partial charge in [-0.1, -0.05) is 74.0 Å². The van der Waals surface area contributed by atoms with Crippen LogP contribution in [0.25, 0.3) is 22.4 Å². The summed E-state index contributed by atoms with van der Waals surface area (Å²) < 4.78 is 1.58. The summed E-state index contributed by atoms with van der Waals surface area (Å²) in [7, 11) is 0. The Balaban J connectivity index is 2.18. The van der Waals surface area contributed by atoms with E-state index in [4.69, 9.17) is 0 Å². The lowest BCUT2D eigenvalue weighted by molar-refractivity contribution is 0.545. The zero-order chi connectivity index (χ0) is 16.1. The molecule has 1 heterocycles. The van der Waals surface area contributed by atoms with Crippen molar-refractivity contribution in [3.05, 3.63) is 77.1 Å². The molecule has 0 atom stereocenters. The zero-order valence-corrected chi connectivity index (χ0v) is 13.3. The highest BCUT2D eigenvalue weighted by Gasteiger charge is 2.12. The van der Waals surface area contributed by atoms with E-state index in [0.29, 0.717) is 6.54 Å². The van der Waals surface area contributed by atoms with E-state index in [2.05, 4.69) is 12.0 Å². The van der Waals surface area contributed by atoms with Crippen LogP contribution in [-0.2, 0) is 6.54 Å². The van der Waals surface area contributed by atoms with Crippen molar-refractivity contribution in [2.75, 3.05) is 0 Å². The van der Waals surface area contributed by atoms with Gasteiger partial charge >= 0.3 is 0 Å². The van der Waals surface area contributed by atoms with E-state index in [9.17, 15) is 4.79 Å². The summed E-state index contributed by atoms with van der Waals surface area (Å²) in [6.45, 7) is 2.77. The molecule has 0 aliphatic rings. The SMILES string of the molecule is CCCCn1nc(-c2ccccc2)c(-c2ccccc2)cc1=O. The summed E-state index contributed by atoms with van der Waals surface area (Å²) in [5.41, 5.74) is 3.73. The van der Waals surface area contributed by atoms with Crippen LogP contribution in [-0.4, -0.2) is 9.78 Å². The molecule has 1 aromatic heterocycles. The van der Waals surface area contributed by atoms with Gasteiger partial charge in [-0.25, -0.2) is 4.68 Å². The van der Waals surface area contributed by atoms with E-state index in [1.807, 2.05) is 60.7 Å². The second kappa shape index (κ2) is 7.05. The highest BCUT2D eigenvalue weighted by atomic mass is 16.1. The minimum atomic E-state index is -0.0445. The van der Waals surface area contributed by atoms with Crippen LogP contribution in [0.1, 0.15) is 19.8 Å². The van der Waals surface area contributed by atoms with Crippen LogP contribution in [0.5, 0.6) is 0 Å². The van der Waals surface area contributed by atoms with E-state index in [-0.39, 0.29) is 5.56 Å². The minimum absolute atomic E-state index is 0.0445. The van der Waals surface area contributed by atoms with Gasteiger partial charge in [0.05, 0.1) is 5.69 Å². The molecule has 0 unspecified atom stereocenters. The van der Waals surface area contributed by atoms with Crippen molar-refractivity contribution in [2.24, 2.45) is 0 Å². The first-order valence-corrected chi connectivity index (χ1v) is 8.02. The molecule has 0 fully saturated rings. The first-order chi connectivity index (χ1) is 11.3. The Hall–Kier alpha value is -2.68. The van der Waals surface area contributed by atoms with Crippen molar-refractivity contribution in [1.82, 2.24) is 9.78 Å². The second-order valence-corrected chi connectivity index (χ2v) is 5.55. The van der Waals surface area contributed by atoms with Gasteiger partial charge in [0.1, 0.15) is 0 Å². The third kappa shape index (κ3) is 3.39. The summed E-state index contributed by atoms with van der Waals surface area (Å²) in [6, 6.07) is 21.7. The van der Waals surface area contributed by atoms with Gasteiger partial charge in [0.2, 0.25) is 0 Å². The maximum atomic E-state index is 12.4. The van der Waals surface area contributed by atoms with Crippen molar-refractivity contribution >= 4 is 0 Å². The van der Waals surface area contributed by atoms with Gasteiger partial charge in [-0.05, 0) is 12.0 Å². The van der Waals surface area contributed by atoms with E-state index < -0.39 is 0 Å². The van der Waals surface area contributed by atoms with Gasteiger partial charge in [0.25, 0.3) is 5.56 Å². The molecule has 0 radical (unpaired) electrons. The summed E-state index contributed by atoms with van der Waals surface area (Å²) >= 11 is 0. The van der Waals surface area contributed by atoms with Crippen molar-refractivity contribution in [3.8, 4) is 22.4 Å². The molecule has 0 saturated heterocycles. The minimum Gasteiger partial charge on any atom is -0.268 e. The monoisotopic (exact) mass is 304 g/mol. The lowest BCUT2D eigenvalue weighted by Crippen LogP contribution is -2.23. The third-order valence-corrected chi connectivity index (χ3v) is 3.85. The number of aromatic nitrogens is 2.